The number of esters is 1. The number of rotatable bonds is 11. The van der Waals surface area contributed by atoms with E-state index < -0.39 is 79.9 Å². The highest BCUT2D eigenvalue weighted by Gasteiger charge is 2.83. The normalized spacial score (nSPS) is 23.8. The van der Waals surface area contributed by atoms with Crippen molar-refractivity contribution in [3.8, 4) is 0 Å². The van der Waals surface area contributed by atoms with E-state index in [1.54, 1.807) is 0 Å². The number of methoxy groups -OCH3 is 1. The Kier molecular flexibility index (Phi) is 9.33. The summed E-state index contributed by atoms with van der Waals surface area (Å²) in [5, 5.41) is -13.2. The van der Waals surface area contributed by atoms with Gasteiger partial charge < -0.3 is 9.47 Å². The molecule has 2 rings (SSSR count). The van der Waals surface area contributed by atoms with Crippen LogP contribution in [0.1, 0.15) is 52.9 Å². The Labute approximate surface area is 212 Å². The number of fused-ring (bicyclic) bond motifs is 1. The van der Waals surface area contributed by atoms with E-state index in [1.807, 2.05) is 0 Å². The van der Waals surface area contributed by atoms with Crippen LogP contribution in [0.2, 0.25) is 0 Å². The number of sulfonamides is 1. The molecule has 0 aromatic carbocycles. The monoisotopic (exact) mass is 591 g/mol. The smallest absolute Gasteiger partial charge is 0.439 e. The van der Waals surface area contributed by atoms with E-state index in [1.165, 1.54) is 0 Å². The molecule has 1 aliphatic heterocycles. The van der Waals surface area contributed by atoms with E-state index in [2.05, 4.69) is 4.18 Å². The zero-order chi connectivity index (χ0) is 28.7. The van der Waals surface area contributed by atoms with E-state index in [9.17, 15) is 48.0 Å². The summed E-state index contributed by atoms with van der Waals surface area (Å²) in [4.78, 5) is 11.2. The second kappa shape index (κ2) is 10.8. The van der Waals surface area contributed by atoms with Gasteiger partial charge in [0.15, 0.2) is 0 Å². The van der Waals surface area contributed by atoms with E-state index in [0.717, 1.165) is 34.3 Å². The standard InChI is InChI=1S/C20H31F6NO8S2/c1-13(28)35-17(2,3)16(33-4)12-34-37(31,32)20(25,26)18(21,22)19(23,24)36(29,30)27-10-9-14-7-5-6-8-15(14)11-27/h14-16H,5-12H2,1-4H3. The number of ether oxygens (including phenoxy) is 2. The Morgan fingerprint density at radius 2 is 1.49 bits per heavy atom. The van der Waals surface area contributed by atoms with Crippen LogP contribution in [0.25, 0.3) is 0 Å². The SMILES string of the molecule is COC(COS(=O)(=O)C(F)(F)C(F)(F)C(F)(F)S(=O)(=O)N1CCC2CCCCC2C1)C(C)(C)OC(C)=O. The fourth-order valence-electron chi connectivity index (χ4n) is 4.65. The van der Waals surface area contributed by atoms with Crippen LogP contribution >= 0.6 is 0 Å². The number of halogens is 6. The molecule has 2 fully saturated rings. The highest BCUT2D eigenvalue weighted by molar-refractivity contribution is 7.90. The number of hydrogen-bond donors (Lipinski definition) is 0. The highest BCUT2D eigenvalue weighted by Crippen LogP contribution is 2.52. The average molecular weight is 592 g/mol. The number of piperidine rings is 1. The number of carbonyl (C=O) groups excluding carboxylic acids is 1. The lowest BCUT2D eigenvalue weighted by Crippen LogP contribution is -2.64. The van der Waals surface area contributed by atoms with Crippen molar-refractivity contribution in [1.82, 2.24) is 4.31 Å². The molecule has 0 bridgehead atoms. The van der Waals surface area contributed by atoms with Crippen molar-refractivity contribution in [3.05, 3.63) is 0 Å². The lowest BCUT2D eigenvalue weighted by Gasteiger charge is -2.42. The van der Waals surface area contributed by atoms with Gasteiger partial charge in [0.2, 0.25) is 0 Å². The third-order valence-electron chi connectivity index (χ3n) is 6.80. The molecule has 9 nitrogen and oxygen atoms in total. The molecule has 0 spiro atoms. The summed E-state index contributed by atoms with van der Waals surface area (Å²) in [7, 11) is -12.4. The van der Waals surface area contributed by atoms with Gasteiger partial charge in [-0.15, -0.1) is 0 Å². The first-order valence-corrected chi connectivity index (χ1v) is 14.2. The number of alkyl halides is 6. The van der Waals surface area contributed by atoms with Crippen LogP contribution in [-0.4, -0.2) is 82.1 Å². The summed E-state index contributed by atoms with van der Waals surface area (Å²) >= 11 is 0. The van der Waals surface area contributed by atoms with E-state index in [-0.39, 0.29) is 16.6 Å². The first kappa shape index (κ1) is 32.0. The van der Waals surface area contributed by atoms with Crippen molar-refractivity contribution in [2.45, 2.75) is 81.0 Å². The molecule has 17 heteroatoms. The third kappa shape index (κ3) is 5.89. The van der Waals surface area contributed by atoms with Gasteiger partial charge in [0.05, 0.1) is 6.61 Å². The van der Waals surface area contributed by atoms with Crippen LogP contribution < -0.4 is 0 Å². The molecule has 0 radical (unpaired) electrons. The van der Waals surface area contributed by atoms with Gasteiger partial charge in [-0.05, 0) is 38.5 Å². The van der Waals surface area contributed by atoms with Crippen molar-refractivity contribution in [2.75, 3.05) is 26.8 Å². The zero-order valence-electron chi connectivity index (χ0n) is 20.7. The van der Waals surface area contributed by atoms with Crippen LogP contribution in [0.15, 0.2) is 0 Å². The Morgan fingerprint density at radius 3 is 2.00 bits per heavy atom. The summed E-state index contributed by atoms with van der Waals surface area (Å²) in [5.41, 5.74) is -1.72. The maximum atomic E-state index is 14.7. The summed E-state index contributed by atoms with van der Waals surface area (Å²) in [5.74, 6) is -8.22. The number of hydrogen-bond acceptors (Lipinski definition) is 8. The van der Waals surface area contributed by atoms with E-state index in [0.29, 0.717) is 19.3 Å². The maximum absolute atomic E-state index is 14.7. The maximum Gasteiger partial charge on any atom is 0.439 e. The molecule has 3 unspecified atom stereocenters. The Balaban J connectivity index is 2.29. The van der Waals surface area contributed by atoms with Crippen LogP contribution in [0.3, 0.4) is 0 Å². The minimum absolute atomic E-state index is 0.00508. The first-order valence-electron chi connectivity index (χ1n) is 11.4. The second-order valence-electron chi connectivity index (χ2n) is 9.72. The molecule has 0 aromatic heterocycles. The predicted octanol–water partition coefficient (Wildman–Crippen LogP) is 3.35. The molecule has 37 heavy (non-hydrogen) atoms. The molecular weight excluding hydrogens is 560 g/mol. The minimum Gasteiger partial charge on any atom is -0.457 e. The van der Waals surface area contributed by atoms with Crippen molar-refractivity contribution < 1.29 is 61.6 Å². The molecule has 1 heterocycles. The molecule has 1 aliphatic carbocycles. The Hall–Kier alpha value is -1.17. The summed E-state index contributed by atoms with van der Waals surface area (Å²) in [6, 6.07) is 0. The Morgan fingerprint density at radius 1 is 0.946 bits per heavy atom. The van der Waals surface area contributed by atoms with E-state index >= 15 is 0 Å². The molecule has 218 valence electrons. The molecule has 0 N–H and O–H groups in total. The summed E-state index contributed by atoms with van der Waals surface area (Å²) in [6.07, 6.45) is 1.13. The largest absolute Gasteiger partial charge is 0.457 e. The fourth-order valence-corrected chi connectivity index (χ4v) is 7.12. The number of nitrogens with zero attached hydrogens (tertiary/aromatic N) is 1. The second-order valence-corrected chi connectivity index (χ2v) is 13.4. The van der Waals surface area contributed by atoms with Crippen molar-refractivity contribution in [2.24, 2.45) is 11.8 Å². The zero-order valence-corrected chi connectivity index (χ0v) is 22.3. The summed E-state index contributed by atoms with van der Waals surface area (Å²) < 4.78 is 150. The minimum atomic E-state index is -6.92. The molecule has 0 aromatic rings. The van der Waals surface area contributed by atoms with Crippen LogP contribution in [0.5, 0.6) is 0 Å². The van der Waals surface area contributed by atoms with E-state index in [4.69, 9.17) is 9.47 Å². The van der Waals surface area contributed by atoms with Gasteiger partial charge in [-0.25, -0.2) is 8.42 Å². The van der Waals surface area contributed by atoms with Gasteiger partial charge >= 0.3 is 32.5 Å². The average Bonchev–Trinajstić information content (AvgIpc) is 2.77. The lowest BCUT2D eigenvalue weighted by molar-refractivity contribution is -0.247. The third-order valence-corrected chi connectivity index (χ3v) is 10.1. The van der Waals surface area contributed by atoms with Crippen LogP contribution in [-0.2, 0) is 38.6 Å². The van der Waals surface area contributed by atoms with Gasteiger partial charge in [-0.3, -0.25) is 8.98 Å². The van der Waals surface area contributed by atoms with Crippen molar-refractivity contribution in [1.29, 1.82) is 0 Å². The van der Waals surface area contributed by atoms with Gasteiger partial charge in [0, 0.05) is 27.1 Å². The van der Waals surface area contributed by atoms with Gasteiger partial charge in [-0.2, -0.15) is 39.1 Å². The number of carbonyl (C=O) groups is 1. The van der Waals surface area contributed by atoms with Crippen LogP contribution in [0, 0.1) is 11.8 Å². The molecule has 2 aliphatic rings. The predicted molar refractivity (Wildman–Crippen MR) is 117 cm³/mol. The van der Waals surface area contributed by atoms with Crippen molar-refractivity contribution >= 4 is 26.1 Å². The quantitative estimate of drug-likeness (QED) is 0.204. The molecule has 3 atom stereocenters. The lowest BCUT2D eigenvalue weighted by atomic mass is 9.76. The molecule has 1 saturated carbocycles. The molecular formula is C20H31F6NO8S2. The Bertz CT molecular complexity index is 1050. The topological polar surface area (TPSA) is 116 Å². The molecule has 1 saturated heterocycles. The first-order chi connectivity index (χ1) is 16.7. The highest BCUT2D eigenvalue weighted by atomic mass is 32.2. The van der Waals surface area contributed by atoms with Gasteiger partial charge in [0.1, 0.15) is 11.7 Å². The van der Waals surface area contributed by atoms with Crippen LogP contribution in [0.4, 0.5) is 26.3 Å². The fraction of sp³-hybridized carbons (Fsp3) is 0.950. The van der Waals surface area contributed by atoms with Gasteiger partial charge in [-0.1, -0.05) is 19.3 Å². The summed E-state index contributed by atoms with van der Waals surface area (Å²) in [6.45, 7) is 0.667. The van der Waals surface area contributed by atoms with Gasteiger partial charge in [0.25, 0.3) is 10.0 Å². The van der Waals surface area contributed by atoms with Crippen molar-refractivity contribution in [3.63, 3.8) is 0 Å². The molecule has 0 amide bonds.